The molecule has 6 heteroatoms. The summed E-state index contributed by atoms with van der Waals surface area (Å²) >= 11 is 1.57. The van der Waals surface area contributed by atoms with Crippen LogP contribution in [-0.2, 0) is 16.1 Å². The van der Waals surface area contributed by atoms with Crippen molar-refractivity contribution in [3.05, 3.63) is 48.4 Å². The molecule has 0 unspecified atom stereocenters. The number of hydrogen-bond donors (Lipinski definition) is 1. The molecular formula is C17H18N2O3S. The molecule has 120 valence electrons. The van der Waals surface area contributed by atoms with Crippen molar-refractivity contribution in [1.82, 2.24) is 5.32 Å². The number of benzene rings is 1. The van der Waals surface area contributed by atoms with Crippen LogP contribution in [0.1, 0.15) is 19.1 Å². The van der Waals surface area contributed by atoms with Crippen LogP contribution in [0.3, 0.4) is 0 Å². The van der Waals surface area contributed by atoms with E-state index < -0.39 is 0 Å². The Morgan fingerprint density at radius 1 is 1.30 bits per heavy atom. The number of rotatable bonds is 5. The number of para-hydroxylation sites is 1. The fourth-order valence-corrected chi connectivity index (χ4v) is 3.65. The third kappa shape index (κ3) is 3.42. The molecule has 1 aliphatic rings. The molecule has 0 bridgehead atoms. The number of hydrogen-bond acceptors (Lipinski definition) is 4. The lowest BCUT2D eigenvalue weighted by atomic mass is 10.2. The zero-order chi connectivity index (χ0) is 16.2. The van der Waals surface area contributed by atoms with Crippen LogP contribution in [0.15, 0.2) is 52.0 Å². The van der Waals surface area contributed by atoms with E-state index in [0.29, 0.717) is 12.3 Å². The third-order valence-corrected chi connectivity index (χ3v) is 5.10. The maximum absolute atomic E-state index is 12.6. The summed E-state index contributed by atoms with van der Waals surface area (Å²) in [6, 6.07) is 11.3. The molecule has 5 nitrogen and oxygen atoms in total. The quantitative estimate of drug-likeness (QED) is 0.916. The van der Waals surface area contributed by atoms with Crippen molar-refractivity contribution in [2.45, 2.75) is 30.0 Å². The van der Waals surface area contributed by atoms with Gasteiger partial charge in [-0.2, -0.15) is 0 Å². The van der Waals surface area contributed by atoms with Gasteiger partial charge in [0.05, 0.1) is 23.7 Å². The molecule has 1 aromatic carbocycles. The minimum atomic E-state index is -0.202. The highest BCUT2D eigenvalue weighted by molar-refractivity contribution is 8.01. The predicted molar refractivity (Wildman–Crippen MR) is 89.3 cm³/mol. The zero-order valence-electron chi connectivity index (χ0n) is 12.8. The number of furan rings is 1. The van der Waals surface area contributed by atoms with Gasteiger partial charge < -0.3 is 14.6 Å². The van der Waals surface area contributed by atoms with E-state index in [0.717, 1.165) is 17.0 Å². The fourth-order valence-electron chi connectivity index (χ4n) is 2.50. The molecule has 2 aromatic rings. The molecule has 0 aliphatic carbocycles. The van der Waals surface area contributed by atoms with Crippen LogP contribution in [-0.4, -0.2) is 23.6 Å². The first-order valence-corrected chi connectivity index (χ1v) is 8.43. The maximum Gasteiger partial charge on any atom is 0.240 e. The lowest BCUT2D eigenvalue weighted by Crippen LogP contribution is -2.46. The molecule has 2 heterocycles. The minimum absolute atomic E-state index is 0.00986. The maximum atomic E-state index is 12.6. The first-order valence-electron chi connectivity index (χ1n) is 7.55. The molecule has 0 saturated heterocycles. The normalized spacial score (nSPS) is 17.0. The van der Waals surface area contributed by atoms with E-state index in [9.17, 15) is 9.59 Å². The topological polar surface area (TPSA) is 62.6 Å². The predicted octanol–water partition coefficient (Wildman–Crippen LogP) is 2.81. The molecule has 1 atom stereocenters. The Labute approximate surface area is 139 Å². The number of carbonyl (C=O) groups excluding carboxylic acids is 2. The molecule has 0 spiro atoms. The Hall–Kier alpha value is -2.21. The van der Waals surface area contributed by atoms with Gasteiger partial charge in [0.25, 0.3) is 0 Å². The molecular weight excluding hydrogens is 312 g/mol. The Morgan fingerprint density at radius 2 is 2.13 bits per heavy atom. The molecule has 0 fully saturated rings. The van der Waals surface area contributed by atoms with Crippen molar-refractivity contribution >= 4 is 29.3 Å². The van der Waals surface area contributed by atoms with Gasteiger partial charge in [0.1, 0.15) is 12.3 Å². The van der Waals surface area contributed by atoms with Crippen LogP contribution < -0.4 is 10.2 Å². The van der Waals surface area contributed by atoms with E-state index in [-0.39, 0.29) is 23.6 Å². The number of carbonyl (C=O) groups is 2. The summed E-state index contributed by atoms with van der Waals surface area (Å²) in [5.74, 6) is 0.473. The molecule has 3 rings (SSSR count). The summed E-state index contributed by atoms with van der Waals surface area (Å²) in [5.41, 5.74) is 0.806. The van der Waals surface area contributed by atoms with Gasteiger partial charge in [-0.1, -0.05) is 19.1 Å². The largest absolute Gasteiger partial charge is 0.467 e. The van der Waals surface area contributed by atoms with Gasteiger partial charge in [-0.25, -0.2) is 0 Å². The second-order valence-electron chi connectivity index (χ2n) is 5.26. The number of anilines is 1. The fraction of sp³-hybridized carbons (Fsp3) is 0.294. The summed E-state index contributed by atoms with van der Waals surface area (Å²) in [4.78, 5) is 27.4. The van der Waals surface area contributed by atoms with Gasteiger partial charge in [0.15, 0.2) is 0 Å². The molecule has 23 heavy (non-hydrogen) atoms. The van der Waals surface area contributed by atoms with Crippen LogP contribution in [0.25, 0.3) is 0 Å². The summed E-state index contributed by atoms with van der Waals surface area (Å²) < 4.78 is 5.19. The van der Waals surface area contributed by atoms with Gasteiger partial charge in [-0.3, -0.25) is 9.59 Å². The molecule has 0 saturated carbocycles. The average molecular weight is 330 g/mol. The third-order valence-electron chi connectivity index (χ3n) is 3.68. The smallest absolute Gasteiger partial charge is 0.240 e. The van der Waals surface area contributed by atoms with Crippen LogP contribution >= 0.6 is 11.8 Å². The average Bonchev–Trinajstić information content (AvgIpc) is 3.09. The Morgan fingerprint density at radius 3 is 2.87 bits per heavy atom. The molecule has 1 aromatic heterocycles. The van der Waals surface area contributed by atoms with E-state index in [2.05, 4.69) is 5.32 Å². The first kappa shape index (κ1) is 15.7. The van der Waals surface area contributed by atoms with Crippen LogP contribution in [0.5, 0.6) is 0 Å². The highest BCUT2D eigenvalue weighted by atomic mass is 32.2. The highest BCUT2D eigenvalue weighted by Gasteiger charge is 2.33. The standard InChI is InChI=1S/C17H18N2O3S/c1-2-14-17(21)19(13-7-3-4-8-15(13)23-14)11-16(20)18-10-12-6-5-9-22-12/h3-9,14H,2,10-11H2,1H3,(H,18,20)/t14-/m1/s1. The number of nitrogens with zero attached hydrogens (tertiary/aromatic N) is 1. The van der Waals surface area contributed by atoms with Crippen molar-refractivity contribution in [2.75, 3.05) is 11.4 Å². The van der Waals surface area contributed by atoms with Crippen molar-refractivity contribution in [3.8, 4) is 0 Å². The Bertz CT molecular complexity index is 700. The van der Waals surface area contributed by atoms with Crippen molar-refractivity contribution < 1.29 is 14.0 Å². The van der Waals surface area contributed by atoms with E-state index in [1.54, 1.807) is 35.1 Å². The van der Waals surface area contributed by atoms with Crippen molar-refractivity contribution in [2.24, 2.45) is 0 Å². The summed E-state index contributed by atoms with van der Waals surface area (Å²) in [5, 5.41) is 2.65. The molecule has 0 radical (unpaired) electrons. The van der Waals surface area contributed by atoms with Crippen molar-refractivity contribution in [3.63, 3.8) is 0 Å². The Balaban J connectivity index is 1.72. The van der Waals surface area contributed by atoms with Gasteiger partial charge >= 0.3 is 0 Å². The van der Waals surface area contributed by atoms with E-state index in [1.807, 2.05) is 31.2 Å². The van der Waals surface area contributed by atoms with E-state index in [1.165, 1.54) is 0 Å². The Kier molecular flexibility index (Phi) is 4.71. The van der Waals surface area contributed by atoms with Gasteiger partial charge in [-0.15, -0.1) is 11.8 Å². The lowest BCUT2D eigenvalue weighted by Gasteiger charge is -2.32. The van der Waals surface area contributed by atoms with Crippen LogP contribution in [0, 0.1) is 0 Å². The summed E-state index contributed by atoms with van der Waals surface area (Å²) in [6.07, 6.45) is 2.30. The first-order chi connectivity index (χ1) is 11.2. The van der Waals surface area contributed by atoms with Crippen molar-refractivity contribution in [1.29, 1.82) is 0 Å². The zero-order valence-corrected chi connectivity index (χ0v) is 13.6. The number of nitrogens with one attached hydrogen (secondary N) is 1. The van der Waals surface area contributed by atoms with Gasteiger partial charge in [0.2, 0.25) is 11.8 Å². The molecule has 1 aliphatic heterocycles. The van der Waals surface area contributed by atoms with E-state index >= 15 is 0 Å². The molecule has 1 N–H and O–H groups in total. The van der Waals surface area contributed by atoms with Crippen LogP contribution in [0.4, 0.5) is 5.69 Å². The van der Waals surface area contributed by atoms with E-state index in [4.69, 9.17) is 4.42 Å². The van der Waals surface area contributed by atoms with Gasteiger partial charge in [-0.05, 0) is 30.7 Å². The van der Waals surface area contributed by atoms with Gasteiger partial charge in [0, 0.05) is 4.90 Å². The number of amides is 2. The van der Waals surface area contributed by atoms with Crippen LogP contribution in [0.2, 0.25) is 0 Å². The summed E-state index contributed by atoms with van der Waals surface area (Å²) in [7, 11) is 0. The summed E-state index contributed by atoms with van der Waals surface area (Å²) in [6.45, 7) is 2.33. The second-order valence-corrected chi connectivity index (χ2v) is 6.51. The number of fused-ring (bicyclic) bond motifs is 1. The second kappa shape index (κ2) is 6.91. The lowest BCUT2D eigenvalue weighted by molar-refractivity contribution is -0.123. The highest BCUT2D eigenvalue weighted by Crippen LogP contribution is 2.39. The monoisotopic (exact) mass is 330 g/mol. The molecule has 2 amide bonds. The SMILES string of the molecule is CC[C@H]1Sc2ccccc2N(CC(=O)NCc2ccco2)C1=O. The number of thioether (sulfide) groups is 1. The minimum Gasteiger partial charge on any atom is -0.467 e.